The van der Waals surface area contributed by atoms with Crippen molar-refractivity contribution in [2.24, 2.45) is 0 Å². The third-order valence-corrected chi connectivity index (χ3v) is 3.76. The highest BCUT2D eigenvalue weighted by molar-refractivity contribution is 5.92. The van der Waals surface area contributed by atoms with Gasteiger partial charge in [0.25, 0.3) is 0 Å². The van der Waals surface area contributed by atoms with Crippen molar-refractivity contribution in [3.63, 3.8) is 0 Å². The summed E-state index contributed by atoms with van der Waals surface area (Å²) < 4.78 is 15.6. The molecule has 122 valence electrons. The Morgan fingerprint density at radius 1 is 1.12 bits per heavy atom. The average molecular weight is 324 g/mol. The van der Waals surface area contributed by atoms with E-state index in [0.717, 1.165) is 11.1 Å². The van der Waals surface area contributed by atoms with Crippen LogP contribution in [-0.2, 0) is 11.3 Å². The monoisotopic (exact) mass is 324 g/mol. The van der Waals surface area contributed by atoms with Gasteiger partial charge in [-0.1, -0.05) is 12.1 Å². The number of benzene rings is 2. The number of fused-ring (bicyclic) bond motifs is 1. The summed E-state index contributed by atoms with van der Waals surface area (Å²) in [5, 5.41) is 3.07. The number of aryl methyl sites for hydroxylation is 2. The average Bonchev–Trinajstić information content (AvgIpc) is 2.49. The van der Waals surface area contributed by atoms with Crippen LogP contribution in [0.1, 0.15) is 11.1 Å². The lowest BCUT2D eigenvalue weighted by atomic mass is 10.1. The number of carbonyl (C=O) groups excluding carboxylic acids is 1. The molecule has 1 aromatic heterocycles. The highest BCUT2D eigenvalue weighted by atomic mass is 19.1. The van der Waals surface area contributed by atoms with E-state index in [1.807, 2.05) is 32.0 Å². The van der Waals surface area contributed by atoms with E-state index < -0.39 is 5.82 Å². The van der Waals surface area contributed by atoms with Crippen LogP contribution in [0.3, 0.4) is 0 Å². The number of para-hydroxylation sites is 1. The van der Waals surface area contributed by atoms with Crippen molar-refractivity contribution < 1.29 is 9.18 Å². The van der Waals surface area contributed by atoms with Gasteiger partial charge >= 0.3 is 0 Å². The van der Waals surface area contributed by atoms with Crippen LogP contribution in [0.5, 0.6) is 0 Å². The molecule has 0 atom stereocenters. The first-order chi connectivity index (χ1) is 11.4. The molecule has 0 radical (unpaired) electrons. The SMILES string of the molecule is Cc1cc(C)cc(NC(=O)Cn2ccc(=O)c3cccc(F)c32)c1. The van der Waals surface area contributed by atoms with E-state index in [1.54, 1.807) is 6.07 Å². The van der Waals surface area contributed by atoms with Gasteiger partial charge in [0.1, 0.15) is 12.4 Å². The Bertz CT molecular complexity index is 972. The van der Waals surface area contributed by atoms with Crippen molar-refractivity contribution in [2.45, 2.75) is 20.4 Å². The molecule has 0 aliphatic heterocycles. The molecular weight excluding hydrogens is 307 g/mol. The number of amides is 1. The summed E-state index contributed by atoms with van der Waals surface area (Å²) in [5.74, 6) is -0.808. The molecule has 5 heteroatoms. The van der Waals surface area contributed by atoms with E-state index >= 15 is 0 Å². The van der Waals surface area contributed by atoms with Gasteiger partial charge < -0.3 is 9.88 Å². The first-order valence-electron chi connectivity index (χ1n) is 7.60. The Morgan fingerprint density at radius 2 is 1.83 bits per heavy atom. The second kappa shape index (κ2) is 6.28. The van der Waals surface area contributed by atoms with E-state index in [4.69, 9.17) is 0 Å². The lowest BCUT2D eigenvalue weighted by molar-refractivity contribution is -0.116. The Hall–Kier alpha value is -2.95. The van der Waals surface area contributed by atoms with E-state index in [-0.39, 0.29) is 28.8 Å². The number of halogens is 1. The van der Waals surface area contributed by atoms with Crippen molar-refractivity contribution in [1.29, 1.82) is 0 Å². The third kappa shape index (κ3) is 3.20. The minimum absolute atomic E-state index is 0.0787. The van der Waals surface area contributed by atoms with Crippen molar-refractivity contribution in [3.8, 4) is 0 Å². The van der Waals surface area contributed by atoms with Crippen molar-refractivity contribution in [1.82, 2.24) is 4.57 Å². The molecule has 0 spiro atoms. The molecule has 0 aliphatic rings. The zero-order chi connectivity index (χ0) is 17.3. The minimum Gasteiger partial charge on any atom is -0.335 e. The molecule has 3 aromatic rings. The molecule has 0 saturated heterocycles. The molecule has 24 heavy (non-hydrogen) atoms. The first-order valence-corrected chi connectivity index (χ1v) is 7.60. The van der Waals surface area contributed by atoms with Crippen LogP contribution >= 0.6 is 0 Å². The Labute approximate surface area is 138 Å². The van der Waals surface area contributed by atoms with Gasteiger partial charge in [-0.15, -0.1) is 0 Å². The number of hydrogen-bond acceptors (Lipinski definition) is 2. The zero-order valence-corrected chi connectivity index (χ0v) is 13.5. The molecule has 2 aromatic carbocycles. The van der Waals surface area contributed by atoms with E-state index in [1.165, 1.54) is 29.0 Å². The molecule has 4 nitrogen and oxygen atoms in total. The fraction of sp³-hybridized carbons (Fsp3) is 0.158. The summed E-state index contributed by atoms with van der Waals surface area (Å²) in [7, 11) is 0. The summed E-state index contributed by atoms with van der Waals surface area (Å²) in [6.45, 7) is 3.82. The largest absolute Gasteiger partial charge is 0.335 e. The molecule has 1 N–H and O–H groups in total. The molecule has 0 saturated carbocycles. The smallest absolute Gasteiger partial charge is 0.244 e. The van der Waals surface area contributed by atoms with Crippen molar-refractivity contribution in [3.05, 3.63) is 75.8 Å². The molecule has 0 unspecified atom stereocenters. The van der Waals surface area contributed by atoms with Gasteiger partial charge in [0.15, 0.2) is 5.43 Å². The Morgan fingerprint density at radius 3 is 2.54 bits per heavy atom. The maximum atomic E-state index is 14.1. The van der Waals surface area contributed by atoms with Gasteiger partial charge in [-0.2, -0.15) is 0 Å². The molecule has 1 amide bonds. The molecular formula is C19H17FN2O2. The standard InChI is InChI=1S/C19H17FN2O2/c1-12-8-13(2)10-14(9-12)21-18(24)11-22-7-6-17(23)15-4-3-5-16(20)19(15)22/h3-10H,11H2,1-2H3,(H,21,24). The summed E-state index contributed by atoms with van der Waals surface area (Å²) >= 11 is 0. The van der Waals surface area contributed by atoms with Crippen LogP contribution in [0, 0.1) is 19.7 Å². The van der Waals surface area contributed by atoms with Crippen molar-refractivity contribution >= 4 is 22.5 Å². The van der Waals surface area contributed by atoms with Gasteiger partial charge in [0.05, 0.1) is 5.52 Å². The van der Waals surface area contributed by atoms with Crippen LogP contribution < -0.4 is 10.7 Å². The number of nitrogens with zero attached hydrogens (tertiary/aromatic N) is 1. The summed E-state index contributed by atoms with van der Waals surface area (Å²) in [6.07, 6.45) is 1.44. The van der Waals surface area contributed by atoms with Gasteiger partial charge in [-0.3, -0.25) is 9.59 Å². The topological polar surface area (TPSA) is 51.1 Å². The van der Waals surface area contributed by atoms with Gasteiger partial charge in [0.2, 0.25) is 5.91 Å². The molecule has 3 rings (SSSR count). The number of nitrogens with one attached hydrogen (secondary N) is 1. The second-order valence-electron chi connectivity index (χ2n) is 5.87. The highest BCUT2D eigenvalue weighted by Crippen LogP contribution is 2.16. The fourth-order valence-electron chi connectivity index (χ4n) is 2.86. The van der Waals surface area contributed by atoms with Crippen LogP contribution in [0.15, 0.2) is 53.5 Å². The minimum atomic E-state index is -0.524. The Kier molecular flexibility index (Phi) is 4.16. The highest BCUT2D eigenvalue weighted by Gasteiger charge is 2.11. The Balaban J connectivity index is 1.91. The number of pyridine rings is 1. The van der Waals surface area contributed by atoms with Gasteiger partial charge in [-0.05, 0) is 49.2 Å². The van der Waals surface area contributed by atoms with Crippen molar-refractivity contribution in [2.75, 3.05) is 5.32 Å². The van der Waals surface area contributed by atoms with Crippen LogP contribution in [0.4, 0.5) is 10.1 Å². The first kappa shape index (κ1) is 15.9. The van der Waals surface area contributed by atoms with Crippen LogP contribution in [0.25, 0.3) is 10.9 Å². The summed E-state index contributed by atoms with van der Waals surface area (Å²) in [6, 6.07) is 11.4. The van der Waals surface area contributed by atoms with E-state index in [0.29, 0.717) is 5.69 Å². The van der Waals surface area contributed by atoms with Crippen LogP contribution in [0.2, 0.25) is 0 Å². The van der Waals surface area contributed by atoms with E-state index in [9.17, 15) is 14.0 Å². The molecule has 0 bridgehead atoms. The predicted octanol–water partition coefficient (Wildman–Crippen LogP) is 3.40. The lowest BCUT2D eigenvalue weighted by Crippen LogP contribution is -2.21. The second-order valence-corrected chi connectivity index (χ2v) is 5.87. The number of aromatic nitrogens is 1. The molecule has 1 heterocycles. The molecule has 0 aliphatic carbocycles. The van der Waals surface area contributed by atoms with Gasteiger partial charge in [-0.25, -0.2) is 4.39 Å². The maximum Gasteiger partial charge on any atom is 0.244 e. The summed E-state index contributed by atoms with van der Waals surface area (Å²) in [5.41, 5.74) is 2.66. The van der Waals surface area contributed by atoms with Gasteiger partial charge in [0, 0.05) is 23.3 Å². The molecule has 0 fully saturated rings. The normalized spacial score (nSPS) is 10.8. The number of carbonyl (C=O) groups is 1. The maximum absolute atomic E-state index is 14.1. The summed E-state index contributed by atoms with van der Waals surface area (Å²) in [4.78, 5) is 24.2. The fourth-order valence-corrected chi connectivity index (χ4v) is 2.86. The van der Waals surface area contributed by atoms with Crippen LogP contribution in [-0.4, -0.2) is 10.5 Å². The predicted molar refractivity (Wildman–Crippen MR) is 92.7 cm³/mol. The lowest BCUT2D eigenvalue weighted by Gasteiger charge is -2.12. The number of hydrogen-bond donors (Lipinski definition) is 1. The number of rotatable bonds is 3. The third-order valence-electron chi connectivity index (χ3n) is 3.76. The zero-order valence-electron chi connectivity index (χ0n) is 13.5. The van der Waals surface area contributed by atoms with E-state index in [2.05, 4.69) is 5.32 Å². The number of anilines is 1. The quantitative estimate of drug-likeness (QED) is 0.803.